The standard InChI is InChI=1S/C16H18N2O3S2/c1-16(15(20)21)8-18-13(19)12(14(18)23-9-16)17-11(22)7-10-5-3-2-4-6-10/h2-6,12,14H,7-9H2,1H3,(H,17,22)(H,20,21)/t12?,14-,16?/m1/s1. The summed E-state index contributed by atoms with van der Waals surface area (Å²) < 4.78 is 0. The lowest BCUT2D eigenvalue weighted by Gasteiger charge is -2.53. The lowest BCUT2D eigenvalue weighted by molar-refractivity contribution is -0.156. The topological polar surface area (TPSA) is 69.6 Å². The summed E-state index contributed by atoms with van der Waals surface area (Å²) in [5.41, 5.74) is 0.232. The minimum absolute atomic E-state index is 0.0244. The summed E-state index contributed by atoms with van der Waals surface area (Å²) in [7, 11) is 0. The van der Waals surface area contributed by atoms with Crippen molar-refractivity contribution in [3.63, 3.8) is 0 Å². The van der Waals surface area contributed by atoms with Gasteiger partial charge in [0.05, 0.1) is 10.4 Å². The number of hydrogen-bond acceptors (Lipinski definition) is 4. The molecule has 2 heterocycles. The van der Waals surface area contributed by atoms with Gasteiger partial charge in [0.1, 0.15) is 11.4 Å². The quantitative estimate of drug-likeness (QED) is 0.634. The van der Waals surface area contributed by atoms with E-state index >= 15 is 0 Å². The van der Waals surface area contributed by atoms with Gasteiger partial charge >= 0.3 is 5.97 Å². The maximum absolute atomic E-state index is 12.3. The van der Waals surface area contributed by atoms with E-state index in [4.69, 9.17) is 12.2 Å². The number of fused-ring (bicyclic) bond motifs is 1. The van der Waals surface area contributed by atoms with Crippen LogP contribution < -0.4 is 5.32 Å². The molecule has 0 aromatic heterocycles. The van der Waals surface area contributed by atoms with Crippen LogP contribution in [0.4, 0.5) is 0 Å². The van der Waals surface area contributed by atoms with Crippen LogP contribution in [0.2, 0.25) is 0 Å². The molecule has 0 saturated carbocycles. The molecule has 23 heavy (non-hydrogen) atoms. The van der Waals surface area contributed by atoms with Crippen LogP contribution in [-0.2, 0) is 16.0 Å². The summed E-state index contributed by atoms with van der Waals surface area (Å²) >= 11 is 6.87. The Bertz CT molecular complexity index is 652. The number of rotatable bonds is 4. The molecular formula is C16H18N2O3S2. The molecule has 2 saturated heterocycles. The van der Waals surface area contributed by atoms with Gasteiger partial charge in [-0.3, -0.25) is 9.59 Å². The first-order valence-corrected chi connectivity index (χ1v) is 8.85. The van der Waals surface area contributed by atoms with Crippen LogP contribution in [0, 0.1) is 5.41 Å². The second-order valence-corrected chi connectivity index (χ2v) is 7.84. The van der Waals surface area contributed by atoms with E-state index in [0.29, 0.717) is 17.2 Å². The zero-order chi connectivity index (χ0) is 16.6. The molecule has 1 aromatic carbocycles. The molecule has 2 N–H and O–H groups in total. The second kappa shape index (κ2) is 6.13. The predicted octanol–water partition coefficient (Wildman–Crippen LogP) is 1.52. The Morgan fingerprint density at radius 2 is 2.17 bits per heavy atom. The lowest BCUT2D eigenvalue weighted by atomic mass is 9.89. The molecule has 0 radical (unpaired) electrons. The first-order valence-electron chi connectivity index (χ1n) is 7.39. The summed E-state index contributed by atoms with van der Waals surface area (Å²) in [6.45, 7) is 1.95. The third kappa shape index (κ3) is 3.07. The van der Waals surface area contributed by atoms with Crippen LogP contribution in [0.3, 0.4) is 0 Å². The van der Waals surface area contributed by atoms with Crippen LogP contribution >= 0.6 is 24.0 Å². The van der Waals surface area contributed by atoms with Crippen molar-refractivity contribution in [2.24, 2.45) is 5.41 Å². The molecule has 1 amide bonds. The highest BCUT2D eigenvalue weighted by Crippen LogP contribution is 2.41. The third-order valence-corrected chi connectivity index (χ3v) is 6.21. The van der Waals surface area contributed by atoms with Gasteiger partial charge in [0.25, 0.3) is 0 Å². The molecule has 2 fully saturated rings. The molecule has 2 aliphatic rings. The number of aliphatic carboxylic acids is 1. The number of nitrogens with one attached hydrogen (secondary N) is 1. The molecule has 7 heteroatoms. The number of carbonyl (C=O) groups is 2. The Kier molecular flexibility index (Phi) is 4.33. The molecule has 0 bridgehead atoms. The number of nitrogens with zero attached hydrogens (tertiary/aromatic N) is 1. The van der Waals surface area contributed by atoms with E-state index in [1.165, 1.54) is 11.8 Å². The van der Waals surface area contributed by atoms with Gasteiger partial charge in [0.2, 0.25) is 5.91 Å². The van der Waals surface area contributed by atoms with Gasteiger partial charge in [0.15, 0.2) is 0 Å². The molecule has 122 valence electrons. The number of carbonyl (C=O) groups excluding carboxylic acids is 1. The minimum atomic E-state index is -0.869. The van der Waals surface area contributed by atoms with Gasteiger partial charge in [-0.05, 0) is 12.5 Å². The number of carboxylic acid groups (broad SMARTS) is 1. The Hall–Kier alpha value is -1.60. The normalized spacial score (nSPS) is 29.4. The number of thiocarbonyl (C=S) groups is 1. The van der Waals surface area contributed by atoms with Crippen LogP contribution in [0.5, 0.6) is 0 Å². The highest BCUT2D eigenvalue weighted by Gasteiger charge is 2.55. The van der Waals surface area contributed by atoms with Gasteiger partial charge in [-0.2, -0.15) is 0 Å². The number of thioether (sulfide) groups is 1. The van der Waals surface area contributed by atoms with Crippen LogP contribution in [0.15, 0.2) is 30.3 Å². The van der Waals surface area contributed by atoms with Crippen molar-refractivity contribution in [3.8, 4) is 0 Å². The fourth-order valence-corrected chi connectivity index (χ4v) is 4.62. The van der Waals surface area contributed by atoms with E-state index in [9.17, 15) is 14.7 Å². The molecule has 2 aliphatic heterocycles. The second-order valence-electron chi connectivity index (χ2n) is 6.24. The molecule has 2 unspecified atom stereocenters. The zero-order valence-corrected chi connectivity index (χ0v) is 14.3. The van der Waals surface area contributed by atoms with Crippen molar-refractivity contribution < 1.29 is 14.7 Å². The maximum Gasteiger partial charge on any atom is 0.312 e. The van der Waals surface area contributed by atoms with Crippen molar-refractivity contribution >= 4 is 40.8 Å². The summed E-state index contributed by atoms with van der Waals surface area (Å²) in [5.74, 6) is -0.419. The van der Waals surface area contributed by atoms with Gasteiger partial charge in [-0.25, -0.2) is 0 Å². The Labute approximate surface area is 144 Å². The average Bonchev–Trinajstić information content (AvgIpc) is 2.53. The minimum Gasteiger partial charge on any atom is -0.481 e. The number of carboxylic acids is 1. The number of β-lactam (4-membered cyclic amide) rings is 1. The molecular weight excluding hydrogens is 332 g/mol. The number of benzene rings is 1. The fourth-order valence-electron chi connectivity index (χ4n) is 2.84. The molecule has 1 aromatic rings. The summed E-state index contributed by atoms with van der Waals surface area (Å²) in [6, 6.07) is 9.52. The van der Waals surface area contributed by atoms with E-state index < -0.39 is 11.4 Å². The van der Waals surface area contributed by atoms with E-state index in [-0.39, 0.29) is 23.9 Å². The van der Waals surface area contributed by atoms with Crippen LogP contribution in [-0.4, -0.2) is 50.6 Å². The lowest BCUT2D eigenvalue weighted by Crippen LogP contribution is -2.73. The maximum atomic E-state index is 12.3. The van der Waals surface area contributed by atoms with E-state index in [2.05, 4.69) is 5.32 Å². The van der Waals surface area contributed by atoms with Gasteiger partial charge in [-0.15, -0.1) is 11.8 Å². The average molecular weight is 350 g/mol. The van der Waals surface area contributed by atoms with Crippen LogP contribution in [0.1, 0.15) is 12.5 Å². The summed E-state index contributed by atoms with van der Waals surface area (Å²) in [4.78, 5) is 25.9. The SMILES string of the molecule is CC1(C(=O)O)CS[C@@H]2C(NC(=S)Cc3ccccc3)C(=O)N2C1. The fraction of sp³-hybridized carbons (Fsp3) is 0.438. The van der Waals surface area contributed by atoms with Crippen molar-refractivity contribution in [3.05, 3.63) is 35.9 Å². The predicted molar refractivity (Wildman–Crippen MR) is 93.4 cm³/mol. The Morgan fingerprint density at radius 1 is 1.48 bits per heavy atom. The Balaban J connectivity index is 1.59. The third-order valence-electron chi connectivity index (χ3n) is 4.27. The number of hydrogen-bond donors (Lipinski definition) is 2. The zero-order valence-electron chi connectivity index (χ0n) is 12.7. The first-order chi connectivity index (χ1) is 10.9. The van der Waals surface area contributed by atoms with Gasteiger partial charge in [0, 0.05) is 18.7 Å². The molecule has 0 spiro atoms. The van der Waals surface area contributed by atoms with Crippen molar-refractivity contribution in [1.82, 2.24) is 10.2 Å². The van der Waals surface area contributed by atoms with Crippen molar-refractivity contribution in [1.29, 1.82) is 0 Å². The van der Waals surface area contributed by atoms with Crippen molar-refractivity contribution in [2.45, 2.75) is 24.8 Å². The smallest absolute Gasteiger partial charge is 0.312 e. The van der Waals surface area contributed by atoms with Gasteiger partial charge < -0.3 is 15.3 Å². The summed E-state index contributed by atoms with van der Waals surface area (Å²) in [6.07, 6.45) is 0.601. The highest BCUT2D eigenvalue weighted by molar-refractivity contribution is 8.00. The van der Waals surface area contributed by atoms with Crippen LogP contribution in [0.25, 0.3) is 0 Å². The van der Waals surface area contributed by atoms with Crippen molar-refractivity contribution in [2.75, 3.05) is 12.3 Å². The molecule has 3 atom stereocenters. The molecule has 0 aliphatic carbocycles. The van der Waals surface area contributed by atoms with E-state index in [0.717, 1.165) is 5.56 Å². The molecule has 3 rings (SSSR count). The van der Waals surface area contributed by atoms with Gasteiger partial charge in [-0.1, -0.05) is 42.5 Å². The number of amides is 1. The van der Waals surface area contributed by atoms with E-state index in [1.807, 2.05) is 30.3 Å². The highest BCUT2D eigenvalue weighted by atomic mass is 32.2. The monoisotopic (exact) mass is 350 g/mol. The molecule has 5 nitrogen and oxygen atoms in total. The first kappa shape index (κ1) is 16.3. The Morgan fingerprint density at radius 3 is 2.83 bits per heavy atom. The van der Waals surface area contributed by atoms with E-state index in [1.54, 1.807) is 11.8 Å². The summed E-state index contributed by atoms with van der Waals surface area (Å²) in [5, 5.41) is 12.4. The largest absolute Gasteiger partial charge is 0.481 e.